The maximum atomic E-state index is 14.3. The average molecular weight is 787 g/mol. The molecule has 1 amide bonds. The van der Waals surface area contributed by atoms with Gasteiger partial charge in [0.05, 0.1) is 18.3 Å². The van der Waals surface area contributed by atoms with Gasteiger partial charge in [-0.15, -0.1) is 6.58 Å². The predicted molar refractivity (Wildman–Crippen MR) is 213 cm³/mol. The van der Waals surface area contributed by atoms with E-state index in [-0.39, 0.29) is 61.0 Å². The minimum atomic E-state index is -2.46. The zero-order valence-electron chi connectivity index (χ0n) is 35.2. The highest BCUT2D eigenvalue weighted by Crippen LogP contribution is 2.39. The summed E-state index contributed by atoms with van der Waals surface area (Å²) in [5.41, 5.74) is 8.22. The molecule has 56 heavy (non-hydrogen) atoms. The number of piperidine rings is 1. The summed E-state index contributed by atoms with van der Waals surface area (Å²) in [6.45, 7) is 13.8. The Hall–Kier alpha value is -2.74. The Balaban J connectivity index is 1.75. The van der Waals surface area contributed by atoms with Gasteiger partial charge in [0.1, 0.15) is 24.0 Å². The number of allylic oxidation sites excluding steroid dienone is 4. The van der Waals surface area contributed by atoms with Crippen LogP contribution in [0.15, 0.2) is 36.0 Å². The number of cyclic esters (lactones) is 1. The number of carbonyl (C=O) groups is 4. The highest BCUT2D eigenvalue weighted by atomic mass is 16.7. The van der Waals surface area contributed by atoms with Crippen molar-refractivity contribution in [2.45, 2.75) is 160 Å². The van der Waals surface area contributed by atoms with Crippen LogP contribution in [0.4, 0.5) is 0 Å². The number of rotatable bonds is 7. The molecule has 3 N–H and O–H groups in total. The number of carbonyl (C=O) groups excluding carboxylic acids is 4. The van der Waals surface area contributed by atoms with E-state index in [0.717, 1.165) is 30.4 Å². The number of Topliss-reactive ketones (excluding diaryl/α,β-unsaturated/α-hetero) is 2. The third kappa shape index (κ3) is 11.0. The number of nitrogens with zero attached hydrogens (tertiary/aromatic N) is 1. The topological polar surface area (TPSA) is 164 Å². The molecule has 0 radical (unpaired) electrons. The maximum Gasteiger partial charge on any atom is 0.329 e. The van der Waals surface area contributed by atoms with Gasteiger partial charge in [-0.1, -0.05) is 44.6 Å². The highest BCUT2D eigenvalue weighted by molar-refractivity contribution is 6.39. The molecule has 0 aromatic carbocycles. The summed E-state index contributed by atoms with van der Waals surface area (Å²) in [7, 11) is 4.77. The number of ketones is 2. The third-order valence-electron chi connectivity index (χ3n) is 12.8. The molecule has 13 atom stereocenters. The summed E-state index contributed by atoms with van der Waals surface area (Å²) in [5.74, 6) is -6.24. The molecule has 2 bridgehead atoms. The zero-order valence-corrected chi connectivity index (χ0v) is 35.2. The third-order valence-corrected chi connectivity index (χ3v) is 12.8. The molecule has 1 aliphatic carbocycles. The van der Waals surface area contributed by atoms with Gasteiger partial charge < -0.3 is 39.4 Å². The molecular formula is C44H70N2O10. The minimum absolute atomic E-state index is 0.0439. The summed E-state index contributed by atoms with van der Waals surface area (Å²) in [6.07, 6.45) is 9.86. The van der Waals surface area contributed by atoms with Crippen LogP contribution < -0.4 is 5.73 Å². The zero-order chi connectivity index (χ0) is 41.3. The molecule has 0 aromatic rings. The molecular weight excluding hydrogens is 716 g/mol. The lowest BCUT2D eigenvalue weighted by Gasteiger charge is -2.47. The first-order valence-corrected chi connectivity index (χ1v) is 20.9. The lowest BCUT2D eigenvalue weighted by atomic mass is 9.81. The standard InChI is InChI=1S/C44H70N2O10/c1-10-13-32-21-26(2)20-27(3)22-37(53-8)40-38(54-9)24-30(6)44(51,56-40)41(48)42(49)46-19-12-11-14-34(46)43(50)55-39(28(4)15-18-35(32)47)29(5)23-31-16-17-33(45)36(25-31)52-7/h10,21,23,27-28,30-34,36-40,51H,1,11-20,22,24-25,45H2,2-9H3. The van der Waals surface area contributed by atoms with Crippen molar-refractivity contribution in [3.05, 3.63) is 36.0 Å². The fourth-order valence-corrected chi connectivity index (χ4v) is 9.49. The first kappa shape index (κ1) is 46.0. The van der Waals surface area contributed by atoms with Gasteiger partial charge in [-0.2, -0.15) is 0 Å². The first-order chi connectivity index (χ1) is 26.6. The first-order valence-electron chi connectivity index (χ1n) is 20.9. The summed E-state index contributed by atoms with van der Waals surface area (Å²) in [6, 6.07) is -1.08. The van der Waals surface area contributed by atoms with Gasteiger partial charge in [0.15, 0.2) is 0 Å². The van der Waals surface area contributed by atoms with Crippen molar-refractivity contribution in [1.29, 1.82) is 0 Å². The summed E-state index contributed by atoms with van der Waals surface area (Å²) in [4.78, 5) is 57.8. The van der Waals surface area contributed by atoms with Gasteiger partial charge in [0.2, 0.25) is 5.79 Å². The van der Waals surface area contributed by atoms with Gasteiger partial charge in [0, 0.05) is 52.2 Å². The van der Waals surface area contributed by atoms with Crippen LogP contribution in [0.2, 0.25) is 0 Å². The SMILES string of the molecule is C=CCC1C=C(C)CC(C)CC(OC)C2OC(O)(C(=O)C(=O)N3CCCCC3C(=O)OC(C(C)=CC3CCC(N)C(OC)C3)C(C)CCC1=O)C(C)CC2OC. The van der Waals surface area contributed by atoms with Crippen molar-refractivity contribution in [2.24, 2.45) is 35.3 Å². The number of nitrogens with two attached hydrogens (primary N) is 1. The maximum absolute atomic E-state index is 14.3. The average Bonchev–Trinajstić information content (AvgIpc) is 3.18. The molecule has 3 heterocycles. The molecule has 2 saturated heterocycles. The molecule has 0 spiro atoms. The van der Waals surface area contributed by atoms with E-state index in [1.165, 1.54) is 4.90 Å². The van der Waals surface area contributed by atoms with E-state index in [2.05, 4.69) is 19.6 Å². The fraction of sp³-hybridized carbons (Fsp3) is 0.773. The van der Waals surface area contributed by atoms with E-state index in [9.17, 15) is 24.3 Å². The number of fused-ring (bicyclic) bond motifs is 3. The number of ether oxygens (including phenoxy) is 5. The number of hydrogen-bond donors (Lipinski definition) is 2. The van der Waals surface area contributed by atoms with Crippen LogP contribution in [0.25, 0.3) is 0 Å². The molecule has 1 saturated carbocycles. The van der Waals surface area contributed by atoms with Gasteiger partial charge >= 0.3 is 5.97 Å². The van der Waals surface area contributed by atoms with Crippen LogP contribution in [-0.4, -0.2) is 110 Å². The number of methoxy groups -OCH3 is 3. The van der Waals surface area contributed by atoms with Gasteiger partial charge in [-0.05, 0) is 108 Å². The van der Waals surface area contributed by atoms with Gasteiger partial charge in [-0.25, -0.2) is 4.79 Å². The summed E-state index contributed by atoms with van der Waals surface area (Å²) >= 11 is 0. The molecule has 4 rings (SSSR count). The monoisotopic (exact) mass is 787 g/mol. The number of amides is 1. The number of aliphatic hydroxyl groups is 1. The molecule has 13 unspecified atom stereocenters. The molecule has 3 aliphatic heterocycles. The quantitative estimate of drug-likeness (QED) is 0.187. The fourth-order valence-electron chi connectivity index (χ4n) is 9.49. The van der Waals surface area contributed by atoms with Crippen molar-refractivity contribution in [2.75, 3.05) is 27.9 Å². The van der Waals surface area contributed by atoms with E-state index >= 15 is 0 Å². The lowest BCUT2D eigenvalue weighted by molar-refractivity contribution is -0.302. The Bertz CT molecular complexity index is 1450. The summed E-state index contributed by atoms with van der Waals surface area (Å²) in [5, 5.41) is 12.0. The summed E-state index contributed by atoms with van der Waals surface area (Å²) < 4.78 is 30.1. The van der Waals surface area contributed by atoms with Crippen LogP contribution in [0.5, 0.6) is 0 Å². The molecule has 3 fully saturated rings. The second-order valence-corrected chi connectivity index (χ2v) is 17.3. The molecule has 0 aromatic heterocycles. The van der Waals surface area contributed by atoms with E-state index in [0.29, 0.717) is 44.9 Å². The largest absolute Gasteiger partial charge is 0.456 e. The van der Waals surface area contributed by atoms with E-state index in [1.807, 2.05) is 26.8 Å². The Labute approximate surface area is 334 Å². The van der Waals surface area contributed by atoms with Crippen molar-refractivity contribution < 1.29 is 48.0 Å². The van der Waals surface area contributed by atoms with Crippen LogP contribution in [0, 0.1) is 29.6 Å². The van der Waals surface area contributed by atoms with Crippen LogP contribution in [-0.2, 0) is 42.9 Å². The number of esters is 1. The van der Waals surface area contributed by atoms with Gasteiger partial charge in [-0.3, -0.25) is 14.4 Å². The van der Waals surface area contributed by atoms with Crippen molar-refractivity contribution in [3.63, 3.8) is 0 Å². The highest BCUT2D eigenvalue weighted by Gasteiger charge is 2.56. The number of hydrogen-bond acceptors (Lipinski definition) is 11. The van der Waals surface area contributed by atoms with Gasteiger partial charge in [0.25, 0.3) is 11.7 Å². The second-order valence-electron chi connectivity index (χ2n) is 17.3. The second kappa shape index (κ2) is 20.8. The van der Waals surface area contributed by atoms with E-state index in [1.54, 1.807) is 34.3 Å². The molecule has 12 heteroatoms. The van der Waals surface area contributed by atoms with Crippen LogP contribution >= 0.6 is 0 Å². The predicted octanol–water partition coefficient (Wildman–Crippen LogP) is 5.63. The van der Waals surface area contributed by atoms with E-state index < -0.39 is 59.8 Å². The smallest absolute Gasteiger partial charge is 0.329 e. The molecule has 4 aliphatic rings. The van der Waals surface area contributed by atoms with Crippen LogP contribution in [0.3, 0.4) is 0 Å². The Morgan fingerprint density at radius 2 is 1.66 bits per heavy atom. The van der Waals surface area contributed by atoms with Crippen LogP contribution in [0.1, 0.15) is 112 Å². The van der Waals surface area contributed by atoms with Crippen molar-refractivity contribution >= 4 is 23.4 Å². The minimum Gasteiger partial charge on any atom is -0.456 e. The molecule has 12 nitrogen and oxygen atoms in total. The Kier molecular flexibility index (Phi) is 17.1. The Morgan fingerprint density at radius 1 is 0.982 bits per heavy atom. The normalized spacial score (nSPS) is 39.2. The van der Waals surface area contributed by atoms with Crippen molar-refractivity contribution in [1.82, 2.24) is 4.90 Å². The molecule has 316 valence electrons. The van der Waals surface area contributed by atoms with E-state index in [4.69, 9.17) is 29.4 Å². The lowest BCUT2D eigenvalue weighted by Crippen LogP contribution is -2.64. The Morgan fingerprint density at radius 3 is 2.32 bits per heavy atom. The van der Waals surface area contributed by atoms with Crippen molar-refractivity contribution in [3.8, 4) is 0 Å².